The molecule has 1 atom stereocenters. The number of carbonyl (C=O) groups is 1. The zero-order valence-corrected chi connectivity index (χ0v) is 10.6. The van der Waals surface area contributed by atoms with E-state index in [-0.39, 0.29) is 17.4 Å². The van der Waals surface area contributed by atoms with Gasteiger partial charge in [-0.3, -0.25) is 4.98 Å². The quantitative estimate of drug-likeness (QED) is 0.829. The number of nitrogens with zero attached hydrogens (tertiary/aromatic N) is 1. The van der Waals surface area contributed by atoms with Crippen LogP contribution in [0.2, 0.25) is 0 Å². The number of benzene rings is 1. The third-order valence-electron chi connectivity index (χ3n) is 2.53. The molecule has 1 heterocycles. The minimum absolute atomic E-state index is 0.000372. The topological polar surface area (TPSA) is 70.4 Å². The van der Waals surface area contributed by atoms with Crippen LogP contribution in [0.15, 0.2) is 35.4 Å². The zero-order chi connectivity index (χ0) is 13.1. The second-order valence-corrected chi connectivity index (χ2v) is 5.38. The maximum atomic E-state index is 11.2. The maximum Gasteiger partial charge on any atom is 0.338 e. The average Bonchev–Trinajstić information content (AvgIpc) is 2.38. The monoisotopic (exact) mass is 263 g/mol. The molecule has 0 saturated carbocycles. The highest BCUT2D eigenvalue weighted by atomic mass is 32.2. The minimum atomic E-state index is -0.999. The summed E-state index contributed by atoms with van der Waals surface area (Å²) in [6.45, 7) is 1.85. The molecule has 2 aromatic rings. The van der Waals surface area contributed by atoms with Gasteiger partial charge in [0.1, 0.15) is 0 Å². The number of carboxylic acids is 1. The van der Waals surface area contributed by atoms with Gasteiger partial charge in [0, 0.05) is 21.7 Å². The molecule has 0 aliphatic carbocycles. The number of para-hydroxylation sites is 1. The Morgan fingerprint density at radius 1 is 1.44 bits per heavy atom. The van der Waals surface area contributed by atoms with Gasteiger partial charge in [-0.1, -0.05) is 25.1 Å². The van der Waals surface area contributed by atoms with Crippen LogP contribution in [0.1, 0.15) is 17.3 Å². The Hall–Kier alpha value is -1.59. The third-order valence-corrected chi connectivity index (χ3v) is 3.76. The summed E-state index contributed by atoms with van der Waals surface area (Å²) in [5.74, 6) is -0.999. The van der Waals surface area contributed by atoms with Crippen LogP contribution in [0.3, 0.4) is 0 Å². The predicted molar refractivity (Wildman–Crippen MR) is 71.1 cm³/mol. The number of aliphatic hydroxyl groups excluding tert-OH is 1. The Balaban J connectivity index is 2.62. The molecule has 1 aromatic heterocycles. The van der Waals surface area contributed by atoms with Gasteiger partial charge in [-0.2, -0.15) is 0 Å². The summed E-state index contributed by atoms with van der Waals surface area (Å²) < 4.78 is 0. The van der Waals surface area contributed by atoms with Crippen LogP contribution in [0, 0.1) is 0 Å². The van der Waals surface area contributed by atoms with Gasteiger partial charge in [0.15, 0.2) is 0 Å². The number of aromatic carboxylic acids is 1. The van der Waals surface area contributed by atoms with Crippen molar-refractivity contribution in [2.24, 2.45) is 0 Å². The molecule has 0 fully saturated rings. The van der Waals surface area contributed by atoms with Crippen LogP contribution in [0.25, 0.3) is 10.9 Å². The fourth-order valence-corrected chi connectivity index (χ4v) is 2.68. The summed E-state index contributed by atoms with van der Waals surface area (Å²) in [5, 5.41) is 19.1. The lowest BCUT2D eigenvalue weighted by Crippen LogP contribution is -2.06. The van der Waals surface area contributed by atoms with Crippen molar-refractivity contribution in [3.05, 3.63) is 36.0 Å². The first-order valence-electron chi connectivity index (χ1n) is 5.52. The predicted octanol–water partition coefficient (Wildman–Crippen LogP) is 2.41. The first-order valence-corrected chi connectivity index (χ1v) is 6.40. The van der Waals surface area contributed by atoms with E-state index in [1.54, 1.807) is 0 Å². The summed E-state index contributed by atoms with van der Waals surface area (Å²) in [5.41, 5.74) is 0.939. The van der Waals surface area contributed by atoms with E-state index >= 15 is 0 Å². The van der Waals surface area contributed by atoms with E-state index in [0.29, 0.717) is 4.90 Å². The largest absolute Gasteiger partial charge is 0.478 e. The van der Waals surface area contributed by atoms with Crippen molar-refractivity contribution in [1.29, 1.82) is 0 Å². The Morgan fingerprint density at radius 2 is 2.17 bits per heavy atom. The highest BCUT2D eigenvalue weighted by Gasteiger charge is 2.16. The summed E-state index contributed by atoms with van der Waals surface area (Å²) >= 11 is 1.36. The Bertz CT molecular complexity index is 585. The highest BCUT2D eigenvalue weighted by molar-refractivity contribution is 8.00. The number of pyridine rings is 1. The van der Waals surface area contributed by atoms with Crippen molar-refractivity contribution in [2.75, 3.05) is 6.61 Å². The molecule has 1 unspecified atom stereocenters. The van der Waals surface area contributed by atoms with Gasteiger partial charge in [-0.25, -0.2) is 4.79 Å². The van der Waals surface area contributed by atoms with Gasteiger partial charge in [0.2, 0.25) is 0 Å². The minimum Gasteiger partial charge on any atom is -0.478 e. The summed E-state index contributed by atoms with van der Waals surface area (Å²) in [6.07, 6.45) is 1.37. The van der Waals surface area contributed by atoms with E-state index in [1.807, 2.05) is 31.2 Å². The molecule has 94 valence electrons. The van der Waals surface area contributed by atoms with Gasteiger partial charge in [-0.05, 0) is 6.07 Å². The second kappa shape index (κ2) is 5.37. The zero-order valence-electron chi connectivity index (χ0n) is 9.83. The fourth-order valence-electron chi connectivity index (χ4n) is 1.63. The molecular weight excluding hydrogens is 250 g/mol. The average molecular weight is 263 g/mol. The van der Waals surface area contributed by atoms with Gasteiger partial charge < -0.3 is 10.2 Å². The Labute approximate surface area is 109 Å². The van der Waals surface area contributed by atoms with Gasteiger partial charge in [0.25, 0.3) is 0 Å². The summed E-state index contributed by atoms with van der Waals surface area (Å²) in [6, 6.07) is 7.40. The molecule has 1 aromatic carbocycles. The molecule has 2 rings (SSSR count). The summed E-state index contributed by atoms with van der Waals surface area (Å²) in [7, 11) is 0. The van der Waals surface area contributed by atoms with E-state index in [2.05, 4.69) is 4.98 Å². The molecular formula is C13H13NO3S. The van der Waals surface area contributed by atoms with E-state index in [4.69, 9.17) is 5.11 Å². The second-order valence-electron chi connectivity index (χ2n) is 3.93. The van der Waals surface area contributed by atoms with Gasteiger partial charge in [-0.15, -0.1) is 11.8 Å². The molecule has 0 saturated heterocycles. The molecule has 4 nitrogen and oxygen atoms in total. The highest BCUT2D eigenvalue weighted by Crippen LogP contribution is 2.32. The number of aliphatic hydroxyl groups is 1. The Kier molecular flexibility index (Phi) is 3.84. The van der Waals surface area contributed by atoms with Gasteiger partial charge in [0.05, 0.1) is 17.7 Å². The van der Waals surface area contributed by atoms with Crippen molar-refractivity contribution >= 4 is 28.6 Å². The fraction of sp³-hybridized carbons (Fsp3) is 0.231. The summed E-state index contributed by atoms with van der Waals surface area (Å²) in [4.78, 5) is 16.0. The van der Waals surface area contributed by atoms with Gasteiger partial charge >= 0.3 is 5.97 Å². The lowest BCUT2D eigenvalue weighted by atomic mass is 10.1. The number of hydrogen-bond donors (Lipinski definition) is 2. The normalized spacial score (nSPS) is 12.6. The van der Waals surface area contributed by atoms with E-state index < -0.39 is 5.97 Å². The lowest BCUT2D eigenvalue weighted by molar-refractivity contribution is 0.0693. The molecule has 5 heteroatoms. The van der Waals surface area contributed by atoms with Crippen LogP contribution in [0.4, 0.5) is 0 Å². The van der Waals surface area contributed by atoms with Crippen LogP contribution >= 0.6 is 11.8 Å². The van der Waals surface area contributed by atoms with E-state index in [9.17, 15) is 9.90 Å². The van der Waals surface area contributed by atoms with Crippen molar-refractivity contribution < 1.29 is 15.0 Å². The maximum absolute atomic E-state index is 11.2. The van der Waals surface area contributed by atoms with Crippen LogP contribution in [-0.2, 0) is 0 Å². The van der Waals surface area contributed by atoms with E-state index in [1.165, 1.54) is 18.0 Å². The number of carboxylic acid groups (broad SMARTS) is 1. The van der Waals surface area contributed by atoms with Crippen LogP contribution in [-0.4, -0.2) is 33.0 Å². The van der Waals surface area contributed by atoms with Crippen molar-refractivity contribution in [3.63, 3.8) is 0 Å². The number of rotatable bonds is 4. The van der Waals surface area contributed by atoms with E-state index in [0.717, 1.165) is 10.9 Å². The van der Waals surface area contributed by atoms with Crippen LogP contribution in [0.5, 0.6) is 0 Å². The van der Waals surface area contributed by atoms with Crippen molar-refractivity contribution in [3.8, 4) is 0 Å². The molecule has 2 N–H and O–H groups in total. The molecule has 0 radical (unpaired) electrons. The number of aromatic nitrogens is 1. The first kappa shape index (κ1) is 12.9. The molecule has 0 aliphatic heterocycles. The SMILES string of the molecule is CC(CO)Sc1c(C(=O)O)cnc2ccccc12. The molecule has 0 bridgehead atoms. The first-order chi connectivity index (χ1) is 8.63. The molecule has 0 amide bonds. The smallest absolute Gasteiger partial charge is 0.338 e. The standard InChI is InChI=1S/C13H13NO3S/c1-8(7-15)18-12-9-4-2-3-5-11(9)14-6-10(12)13(16)17/h2-6,8,15H,7H2,1H3,(H,16,17). The molecule has 0 aliphatic rings. The van der Waals surface area contributed by atoms with Crippen molar-refractivity contribution in [1.82, 2.24) is 4.98 Å². The number of hydrogen-bond acceptors (Lipinski definition) is 4. The molecule has 0 spiro atoms. The molecule has 18 heavy (non-hydrogen) atoms. The number of fused-ring (bicyclic) bond motifs is 1. The van der Waals surface area contributed by atoms with Crippen LogP contribution < -0.4 is 0 Å². The van der Waals surface area contributed by atoms with Crippen molar-refractivity contribution in [2.45, 2.75) is 17.1 Å². The lowest BCUT2D eigenvalue weighted by Gasteiger charge is -2.12. The Morgan fingerprint density at radius 3 is 2.83 bits per heavy atom. The number of thioether (sulfide) groups is 1. The third kappa shape index (κ3) is 2.47.